The highest BCUT2D eigenvalue weighted by molar-refractivity contribution is 7.71. The van der Waals surface area contributed by atoms with Crippen molar-refractivity contribution < 1.29 is 4.39 Å². The molecule has 0 bridgehead atoms. The highest BCUT2D eigenvalue weighted by atomic mass is 35.5. The SMILES string of the molecule is Fc1c[nH]c(=S)c(-c2cc(Cl)c(Cl)c(Cl)c2)c1. The number of H-pyrrole nitrogens is 1. The number of halogens is 4. The summed E-state index contributed by atoms with van der Waals surface area (Å²) in [5.41, 5.74) is 1.13. The first-order valence-corrected chi connectivity index (χ1v) is 6.06. The Morgan fingerprint density at radius 2 is 1.65 bits per heavy atom. The third-order valence-electron chi connectivity index (χ3n) is 2.16. The first kappa shape index (κ1) is 12.8. The molecule has 1 heterocycles. The zero-order valence-electron chi connectivity index (χ0n) is 8.23. The molecule has 1 aromatic carbocycles. The summed E-state index contributed by atoms with van der Waals surface area (Å²) in [6.07, 6.45) is 1.19. The quantitative estimate of drug-likeness (QED) is 0.542. The average molecular weight is 309 g/mol. The Morgan fingerprint density at radius 3 is 2.24 bits per heavy atom. The number of rotatable bonds is 1. The molecule has 1 N–H and O–H groups in total. The Morgan fingerprint density at radius 1 is 1.06 bits per heavy atom. The molecule has 0 spiro atoms. The van der Waals surface area contributed by atoms with E-state index in [4.69, 9.17) is 47.0 Å². The van der Waals surface area contributed by atoms with E-state index in [1.54, 1.807) is 12.1 Å². The molecule has 0 saturated heterocycles. The van der Waals surface area contributed by atoms with Gasteiger partial charge in [-0.15, -0.1) is 0 Å². The number of hydrogen-bond donors (Lipinski definition) is 1. The topological polar surface area (TPSA) is 15.8 Å². The van der Waals surface area contributed by atoms with Gasteiger partial charge >= 0.3 is 0 Å². The molecule has 0 unspecified atom stereocenters. The summed E-state index contributed by atoms with van der Waals surface area (Å²) in [5.74, 6) is -0.421. The summed E-state index contributed by atoms with van der Waals surface area (Å²) in [6.45, 7) is 0. The van der Waals surface area contributed by atoms with Crippen LogP contribution in [-0.4, -0.2) is 4.98 Å². The monoisotopic (exact) mass is 307 g/mol. The van der Waals surface area contributed by atoms with Gasteiger partial charge in [0.2, 0.25) is 0 Å². The van der Waals surface area contributed by atoms with Gasteiger partial charge in [-0.2, -0.15) is 0 Å². The average Bonchev–Trinajstić information content (AvgIpc) is 2.28. The second kappa shape index (κ2) is 4.94. The summed E-state index contributed by atoms with van der Waals surface area (Å²) >= 11 is 22.7. The summed E-state index contributed by atoms with van der Waals surface area (Å²) in [7, 11) is 0. The van der Waals surface area contributed by atoms with Gasteiger partial charge in [0.1, 0.15) is 10.5 Å². The van der Waals surface area contributed by atoms with Gasteiger partial charge < -0.3 is 4.98 Å². The molecule has 0 atom stereocenters. The van der Waals surface area contributed by atoms with Gasteiger partial charge in [0.25, 0.3) is 0 Å². The molecular weight excluding hydrogens is 304 g/mol. The second-order valence-electron chi connectivity index (χ2n) is 3.31. The lowest BCUT2D eigenvalue weighted by molar-refractivity contribution is 0.621. The Labute approximate surface area is 117 Å². The van der Waals surface area contributed by atoms with Crippen LogP contribution in [0.25, 0.3) is 11.1 Å². The zero-order valence-corrected chi connectivity index (χ0v) is 11.3. The third-order valence-corrected chi connectivity index (χ3v) is 3.70. The fraction of sp³-hybridized carbons (Fsp3) is 0. The maximum Gasteiger partial charge on any atom is 0.139 e. The van der Waals surface area contributed by atoms with Crippen LogP contribution in [0.15, 0.2) is 24.4 Å². The summed E-state index contributed by atoms with van der Waals surface area (Å²) in [5, 5.41) is 0.865. The molecule has 0 saturated carbocycles. The molecular formula is C11H5Cl3FNS. The van der Waals surface area contributed by atoms with Crippen molar-refractivity contribution in [1.82, 2.24) is 4.98 Å². The molecule has 88 valence electrons. The summed E-state index contributed by atoms with van der Waals surface area (Å²) in [4.78, 5) is 2.64. The molecule has 0 fully saturated rings. The second-order valence-corrected chi connectivity index (χ2v) is 4.92. The van der Waals surface area contributed by atoms with Crippen LogP contribution in [-0.2, 0) is 0 Å². The first-order chi connectivity index (χ1) is 7.99. The summed E-state index contributed by atoms with van der Waals surface area (Å²) in [6, 6.07) is 4.50. The van der Waals surface area contributed by atoms with E-state index in [2.05, 4.69) is 4.98 Å². The highest BCUT2D eigenvalue weighted by Gasteiger charge is 2.09. The molecule has 2 aromatic rings. The van der Waals surface area contributed by atoms with Gasteiger partial charge in [-0.3, -0.25) is 0 Å². The van der Waals surface area contributed by atoms with Crippen molar-refractivity contribution >= 4 is 47.0 Å². The van der Waals surface area contributed by atoms with E-state index < -0.39 is 5.82 Å². The number of aromatic amines is 1. The van der Waals surface area contributed by atoms with Gasteiger partial charge in [0.15, 0.2) is 0 Å². The minimum Gasteiger partial charge on any atom is -0.350 e. The van der Waals surface area contributed by atoms with E-state index in [0.717, 1.165) is 0 Å². The zero-order chi connectivity index (χ0) is 12.6. The number of hydrogen-bond acceptors (Lipinski definition) is 1. The first-order valence-electron chi connectivity index (χ1n) is 4.52. The lowest BCUT2D eigenvalue weighted by Gasteiger charge is -2.06. The fourth-order valence-electron chi connectivity index (χ4n) is 1.38. The van der Waals surface area contributed by atoms with Crippen LogP contribution < -0.4 is 0 Å². The molecule has 0 aliphatic heterocycles. The van der Waals surface area contributed by atoms with Crippen molar-refractivity contribution in [2.75, 3.05) is 0 Å². The molecule has 17 heavy (non-hydrogen) atoms. The maximum absolute atomic E-state index is 13.1. The van der Waals surface area contributed by atoms with Crippen molar-refractivity contribution in [3.8, 4) is 11.1 Å². The van der Waals surface area contributed by atoms with Crippen LogP contribution in [0, 0.1) is 10.5 Å². The predicted octanol–water partition coefficient (Wildman–Crippen LogP) is 5.51. The Hall–Kier alpha value is -0.610. The Bertz CT molecular complexity index is 616. The molecule has 1 aromatic heterocycles. The van der Waals surface area contributed by atoms with Crippen LogP contribution in [0.4, 0.5) is 4.39 Å². The van der Waals surface area contributed by atoms with E-state index in [1.807, 2.05) is 0 Å². The number of benzene rings is 1. The lowest BCUT2D eigenvalue weighted by Crippen LogP contribution is -1.86. The van der Waals surface area contributed by atoms with Crippen LogP contribution >= 0.6 is 47.0 Å². The Balaban J connectivity index is 2.69. The fourth-order valence-corrected chi connectivity index (χ4v) is 2.21. The van der Waals surface area contributed by atoms with Crippen molar-refractivity contribution in [3.05, 3.63) is 49.9 Å². The largest absolute Gasteiger partial charge is 0.350 e. The van der Waals surface area contributed by atoms with Crippen LogP contribution in [0.5, 0.6) is 0 Å². The van der Waals surface area contributed by atoms with Crippen molar-refractivity contribution in [2.45, 2.75) is 0 Å². The molecule has 0 amide bonds. The molecule has 0 aliphatic rings. The summed E-state index contributed by atoms with van der Waals surface area (Å²) < 4.78 is 13.5. The van der Waals surface area contributed by atoms with E-state index in [-0.39, 0.29) is 5.02 Å². The molecule has 1 nitrogen and oxygen atoms in total. The molecule has 0 aliphatic carbocycles. The maximum atomic E-state index is 13.1. The van der Waals surface area contributed by atoms with E-state index >= 15 is 0 Å². The normalized spacial score (nSPS) is 10.6. The van der Waals surface area contributed by atoms with Crippen molar-refractivity contribution in [1.29, 1.82) is 0 Å². The van der Waals surface area contributed by atoms with Crippen LogP contribution in [0.2, 0.25) is 15.1 Å². The van der Waals surface area contributed by atoms with E-state index in [1.165, 1.54) is 12.3 Å². The van der Waals surface area contributed by atoms with Gasteiger partial charge in [0.05, 0.1) is 15.1 Å². The minimum absolute atomic E-state index is 0.267. The minimum atomic E-state index is -0.421. The Kier molecular flexibility index (Phi) is 3.73. The number of pyridine rings is 1. The smallest absolute Gasteiger partial charge is 0.139 e. The molecule has 6 heteroatoms. The van der Waals surface area contributed by atoms with E-state index in [0.29, 0.717) is 25.8 Å². The van der Waals surface area contributed by atoms with E-state index in [9.17, 15) is 4.39 Å². The number of aromatic nitrogens is 1. The third kappa shape index (κ3) is 2.63. The van der Waals surface area contributed by atoms with Gasteiger partial charge in [0, 0.05) is 11.8 Å². The number of nitrogens with one attached hydrogen (secondary N) is 1. The van der Waals surface area contributed by atoms with Crippen molar-refractivity contribution in [2.24, 2.45) is 0 Å². The van der Waals surface area contributed by atoms with Crippen molar-refractivity contribution in [3.63, 3.8) is 0 Å². The van der Waals surface area contributed by atoms with Gasteiger partial charge in [-0.1, -0.05) is 47.0 Å². The van der Waals surface area contributed by atoms with Crippen LogP contribution in [0.3, 0.4) is 0 Å². The molecule has 2 rings (SSSR count). The van der Waals surface area contributed by atoms with Crippen LogP contribution in [0.1, 0.15) is 0 Å². The standard InChI is InChI=1S/C11H5Cl3FNS/c12-8-1-5(2-9(13)10(8)14)7-3-6(15)4-16-11(7)17/h1-4H,(H,16,17). The predicted molar refractivity (Wildman–Crippen MR) is 72.1 cm³/mol. The van der Waals surface area contributed by atoms with Gasteiger partial charge in [-0.25, -0.2) is 4.39 Å². The lowest BCUT2D eigenvalue weighted by atomic mass is 10.1. The van der Waals surface area contributed by atoms with Gasteiger partial charge in [-0.05, 0) is 23.8 Å². The highest BCUT2D eigenvalue weighted by Crippen LogP contribution is 2.35. The molecule has 0 radical (unpaired) electrons.